The molecule has 5 nitrogen and oxygen atoms in total. The lowest BCUT2D eigenvalue weighted by Gasteiger charge is -2.13. The van der Waals surface area contributed by atoms with E-state index < -0.39 is 0 Å². The molecular formula is C18H28IN5S. The summed E-state index contributed by atoms with van der Waals surface area (Å²) in [6.45, 7) is 8.41. The number of benzene rings is 1. The average molecular weight is 473 g/mol. The van der Waals surface area contributed by atoms with E-state index >= 15 is 0 Å². The van der Waals surface area contributed by atoms with Gasteiger partial charge < -0.3 is 15.5 Å². The fourth-order valence-electron chi connectivity index (χ4n) is 2.19. The summed E-state index contributed by atoms with van der Waals surface area (Å²) in [5, 5.41) is 7.73. The average Bonchev–Trinajstić information content (AvgIpc) is 2.88. The maximum Gasteiger partial charge on any atom is 0.191 e. The Balaban J connectivity index is 0.00000312. The second-order valence-corrected chi connectivity index (χ2v) is 7.15. The maximum atomic E-state index is 4.66. The number of anilines is 1. The van der Waals surface area contributed by atoms with Gasteiger partial charge in [0.25, 0.3) is 0 Å². The third kappa shape index (κ3) is 6.81. The SMILES string of the molecule is CCNC(=NCc1ccc(N(C)C)cc1)NCc1nc(C)c(C)s1.I. The maximum absolute atomic E-state index is 4.66. The molecule has 0 radical (unpaired) electrons. The third-order valence-electron chi connectivity index (χ3n) is 3.70. The van der Waals surface area contributed by atoms with Gasteiger partial charge in [0, 0.05) is 31.2 Å². The van der Waals surface area contributed by atoms with Crippen molar-refractivity contribution in [2.45, 2.75) is 33.9 Å². The van der Waals surface area contributed by atoms with Gasteiger partial charge in [0.05, 0.1) is 18.8 Å². The lowest BCUT2D eigenvalue weighted by atomic mass is 10.2. The van der Waals surface area contributed by atoms with Crippen LogP contribution in [0.4, 0.5) is 5.69 Å². The molecule has 2 aromatic rings. The van der Waals surface area contributed by atoms with Crippen molar-refractivity contribution in [2.24, 2.45) is 4.99 Å². The molecule has 1 heterocycles. The van der Waals surface area contributed by atoms with Crippen molar-refractivity contribution in [3.8, 4) is 0 Å². The summed E-state index contributed by atoms with van der Waals surface area (Å²) in [6, 6.07) is 8.48. The normalized spacial score (nSPS) is 11.0. The first-order chi connectivity index (χ1) is 11.5. The predicted molar refractivity (Wildman–Crippen MR) is 119 cm³/mol. The summed E-state index contributed by atoms with van der Waals surface area (Å²) < 4.78 is 0. The Kier molecular flexibility index (Phi) is 9.20. The van der Waals surface area contributed by atoms with Crippen molar-refractivity contribution in [3.63, 3.8) is 0 Å². The Labute approximate surface area is 172 Å². The van der Waals surface area contributed by atoms with Crippen molar-refractivity contribution >= 4 is 47.0 Å². The zero-order valence-electron chi connectivity index (χ0n) is 15.6. The van der Waals surface area contributed by atoms with Gasteiger partial charge >= 0.3 is 0 Å². The summed E-state index contributed by atoms with van der Waals surface area (Å²) >= 11 is 1.73. The lowest BCUT2D eigenvalue weighted by molar-refractivity contribution is 0.809. The van der Waals surface area contributed by atoms with Crippen molar-refractivity contribution < 1.29 is 0 Å². The van der Waals surface area contributed by atoms with Gasteiger partial charge in [-0.1, -0.05) is 12.1 Å². The molecule has 0 aliphatic carbocycles. The monoisotopic (exact) mass is 473 g/mol. The number of nitrogens with one attached hydrogen (secondary N) is 2. The van der Waals surface area contributed by atoms with Crippen molar-refractivity contribution in [1.82, 2.24) is 15.6 Å². The lowest BCUT2D eigenvalue weighted by Crippen LogP contribution is -2.36. The minimum Gasteiger partial charge on any atom is -0.378 e. The number of aromatic nitrogens is 1. The van der Waals surface area contributed by atoms with Crippen LogP contribution in [0.2, 0.25) is 0 Å². The standard InChI is InChI=1S/C18H27N5S.HI/c1-6-19-18(21-12-17-22-13(2)14(3)24-17)20-11-15-7-9-16(10-8-15)23(4)5;/h7-10H,6,11-12H2,1-5H3,(H2,19,20,21);1H. The quantitative estimate of drug-likeness (QED) is 0.382. The summed E-state index contributed by atoms with van der Waals surface area (Å²) in [5.74, 6) is 0.819. The third-order valence-corrected chi connectivity index (χ3v) is 4.77. The van der Waals surface area contributed by atoms with Gasteiger partial charge in [0.15, 0.2) is 5.96 Å². The molecule has 0 unspecified atom stereocenters. The minimum atomic E-state index is 0. The smallest absolute Gasteiger partial charge is 0.191 e. The predicted octanol–water partition coefficient (Wildman–Crippen LogP) is 3.70. The fourth-order valence-corrected chi connectivity index (χ4v) is 3.06. The van der Waals surface area contributed by atoms with E-state index in [0.717, 1.165) is 23.2 Å². The molecule has 0 saturated carbocycles. The van der Waals surface area contributed by atoms with E-state index in [0.29, 0.717) is 13.1 Å². The number of aryl methyl sites for hydroxylation is 2. The highest BCUT2D eigenvalue weighted by Crippen LogP contribution is 2.16. The first kappa shape index (κ1) is 21.7. The number of hydrogen-bond acceptors (Lipinski definition) is 4. The van der Waals surface area contributed by atoms with Crippen LogP contribution in [0.5, 0.6) is 0 Å². The first-order valence-electron chi connectivity index (χ1n) is 8.21. The number of aliphatic imine (C=N–C) groups is 1. The van der Waals surface area contributed by atoms with Gasteiger partial charge in [-0.3, -0.25) is 0 Å². The highest BCUT2D eigenvalue weighted by atomic mass is 127. The molecule has 2 rings (SSSR count). The number of thiazole rings is 1. The molecule has 0 atom stereocenters. The van der Waals surface area contributed by atoms with Crippen molar-refractivity contribution in [2.75, 3.05) is 25.5 Å². The number of halogens is 1. The molecule has 0 bridgehead atoms. The van der Waals surface area contributed by atoms with E-state index in [2.05, 4.69) is 63.6 Å². The van der Waals surface area contributed by atoms with Gasteiger partial charge in [0.2, 0.25) is 0 Å². The minimum absolute atomic E-state index is 0. The van der Waals surface area contributed by atoms with Crippen LogP contribution in [0.1, 0.15) is 28.1 Å². The largest absolute Gasteiger partial charge is 0.378 e. The molecule has 0 amide bonds. The first-order valence-corrected chi connectivity index (χ1v) is 9.02. The fraction of sp³-hybridized carbons (Fsp3) is 0.444. The van der Waals surface area contributed by atoms with E-state index in [-0.39, 0.29) is 24.0 Å². The van der Waals surface area contributed by atoms with E-state index in [4.69, 9.17) is 0 Å². The van der Waals surface area contributed by atoms with E-state index in [1.807, 2.05) is 21.0 Å². The van der Waals surface area contributed by atoms with Gasteiger partial charge in [-0.25, -0.2) is 9.98 Å². The van der Waals surface area contributed by atoms with Crippen LogP contribution in [-0.4, -0.2) is 31.6 Å². The Morgan fingerprint density at radius 2 is 1.84 bits per heavy atom. The Hall–Kier alpha value is -1.35. The second-order valence-electron chi connectivity index (χ2n) is 5.86. The van der Waals surface area contributed by atoms with Crippen LogP contribution in [0.15, 0.2) is 29.3 Å². The molecular weight excluding hydrogens is 445 g/mol. The molecule has 25 heavy (non-hydrogen) atoms. The summed E-state index contributed by atoms with van der Waals surface area (Å²) in [7, 11) is 4.09. The molecule has 7 heteroatoms. The highest BCUT2D eigenvalue weighted by molar-refractivity contribution is 14.0. The topological polar surface area (TPSA) is 52.6 Å². The molecule has 138 valence electrons. The van der Waals surface area contributed by atoms with E-state index in [1.54, 1.807) is 11.3 Å². The summed E-state index contributed by atoms with van der Waals surface area (Å²) in [6.07, 6.45) is 0. The van der Waals surface area contributed by atoms with Gasteiger partial charge in [-0.2, -0.15) is 0 Å². The number of guanidine groups is 1. The molecule has 0 fully saturated rings. The Morgan fingerprint density at radius 3 is 2.36 bits per heavy atom. The van der Waals surface area contributed by atoms with E-state index in [1.165, 1.54) is 16.1 Å². The van der Waals surface area contributed by atoms with Crippen LogP contribution in [0.3, 0.4) is 0 Å². The van der Waals surface area contributed by atoms with Crippen LogP contribution in [0, 0.1) is 13.8 Å². The summed E-state index contributed by atoms with van der Waals surface area (Å²) in [5.41, 5.74) is 3.50. The number of hydrogen-bond donors (Lipinski definition) is 2. The Morgan fingerprint density at radius 1 is 1.16 bits per heavy atom. The zero-order valence-corrected chi connectivity index (χ0v) is 18.7. The van der Waals surface area contributed by atoms with Gasteiger partial charge in [-0.15, -0.1) is 35.3 Å². The van der Waals surface area contributed by atoms with Crippen molar-refractivity contribution in [3.05, 3.63) is 45.4 Å². The summed E-state index contributed by atoms with van der Waals surface area (Å²) in [4.78, 5) is 12.6. The highest BCUT2D eigenvalue weighted by Gasteiger charge is 2.05. The molecule has 2 N–H and O–H groups in total. The molecule has 1 aromatic heterocycles. The molecule has 0 aliphatic rings. The van der Waals surface area contributed by atoms with Gasteiger partial charge in [0.1, 0.15) is 5.01 Å². The number of rotatable bonds is 6. The molecule has 0 spiro atoms. The molecule has 0 aliphatic heterocycles. The van der Waals surface area contributed by atoms with Crippen LogP contribution < -0.4 is 15.5 Å². The van der Waals surface area contributed by atoms with Crippen LogP contribution >= 0.6 is 35.3 Å². The van der Waals surface area contributed by atoms with Crippen LogP contribution in [0.25, 0.3) is 0 Å². The van der Waals surface area contributed by atoms with Crippen LogP contribution in [-0.2, 0) is 13.1 Å². The van der Waals surface area contributed by atoms with E-state index in [9.17, 15) is 0 Å². The Bertz CT molecular complexity index is 660. The molecule has 0 saturated heterocycles. The van der Waals surface area contributed by atoms with Gasteiger partial charge in [-0.05, 0) is 38.5 Å². The molecule has 1 aromatic carbocycles. The second kappa shape index (κ2) is 10.6. The van der Waals surface area contributed by atoms with Crippen molar-refractivity contribution in [1.29, 1.82) is 0 Å². The number of nitrogens with zero attached hydrogens (tertiary/aromatic N) is 3. The zero-order chi connectivity index (χ0) is 17.5.